The van der Waals surface area contributed by atoms with E-state index >= 15 is 0 Å². The average molecular weight is 368 g/mol. The van der Waals surface area contributed by atoms with E-state index in [1.165, 1.54) is 25.7 Å². The van der Waals surface area contributed by atoms with E-state index in [2.05, 4.69) is 20.4 Å². The maximum atomic E-state index is 12.6. The van der Waals surface area contributed by atoms with Gasteiger partial charge in [-0.15, -0.1) is 0 Å². The summed E-state index contributed by atoms with van der Waals surface area (Å²) in [5, 5.41) is 7.00. The predicted molar refractivity (Wildman–Crippen MR) is 102 cm³/mol. The van der Waals surface area contributed by atoms with E-state index in [9.17, 15) is 4.79 Å². The Morgan fingerprint density at radius 1 is 1.15 bits per heavy atom. The molecule has 1 saturated heterocycles. The summed E-state index contributed by atoms with van der Waals surface area (Å²) >= 11 is 0. The minimum atomic E-state index is 0.0787. The van der Waals surface area contributed by atoms with Crippen LogP contribution in [-0.2, 0) is 17.8 Å². The second kappa shape index (κ2) is 8.65. The molecule has 6 nitrogen and oxygen atoms in total. The number of amides is 1. The zero-order chi connectivity index (χ0) is 18.5. The zero-order valence-corrected chi connectivity index (χ0v) is 15.8. The minimum absolute atomic E-state index is 0.0787. The largest absolute Gasteiger partial charge is 0.348 e. The van der Waals surface area contributed by atoms with Crippen LogP contribution in [0.25, 0.3) is 0 Å². The molecule has 0 bridgehead atoms. The molecule has 1 aliphatic heterocycles. The Morgan fingerprint density at radius 3 is 2.78 bits per heavy atom. The summed E-state index contributed by atoms with van der Waals surface area (Å²) in [6.07, 6.45) is 7.95. The Balaban J connectivity index is 1.26. The normalized spacial score (nSPS) is 21.4. The number of aromatic nitrogens is 2. The highest BCUT2D eigenvalue weighted by atomic mass is 16.5. The Kier molecular flexibility index (Phi) is 5.82. The molecule has 4 rings (SSSR count). The molecule has 6 heteroatoms. The van der Waals surface area contributed by atoms with Crippen molar-refractivity contribution in [2.45, 2.75) is 57.5 Å². The third-order valence-electron chi connectivity index (χ3n) is 5.79. The number of carbonyl (C=O) groups is 1. The molecule has 1 aromatic heterocycles. The van der Waals surface area contributed by atoms with Gasteiger partial charge in [-0.05, 0) is 37.8 Å². The summed E-state index contributed by atoms with van der Waals surface area (Å²) in [4.78, 5) is 19.5. The maximum absolute atomic E-state index is 12.6. The van der Waals surface area contributed by atoms with Crippen LogP contribution in [0.2, 0.25) is 0 Å². The van der Waals surface area contributed by atoms with Crippen LogP contribution in [0.1, 0.15) is 55.8 Å². The molecule has 2 fully saturated rings. The first-order valence-corrected chi connectivity index (χ1v) is 10.1. The van der Waals surface area contributed by atoms with Crippen molar-refractivity contribution in [2.75, 3.05) is 13.1 Å². The lowest BCUT2D eigenvalue weighted by molar-refractivity contribution is -0.127. The third kappa shape index (κ3) is 4.75. The number of nitrogens with one attached hydrogen (secondary N) is 1. The molecule has 1 amide bonds. The number of hydrogen-bond acceptors (Lipinski definition) is 5. The van der Waals surface area contributed by atoms with Crippen molar-refractivity contribution in [2.24, 2.45) is 5.92 Å². The van der Waals surface area contributed by atoms with Crippen LogP contribution in [-0.4, -0.2) is 40.1 Å². The van der Waals surface area contributed by atoms with Crippen molar-refractivity contribution in [1.29, 1.82) is 0 Å². The number of hydrogen-bond donors (Lipinski definition) is 1. The van der Waals surface area contributed by atoms with E-state index in [0.29, 0.717) is 30.7 Å². The molecule has 27 heavy (non-hydrogen) atoms. The third-order valence-corrected chi connectivity index (χ3v) is 5.79. The van der Waals surface area contributed by atoms with Crippen LogP contribution < -0.4 is 5.32 Å². The number of likely N-dealkylation sites (tertiary alicyclic amines) is 1. The summed E-state index contributed by atoms with van der Waals surface area (Å²) in [6, 6.07) is 10.7. The van der Waals surface area contributed by atoms with Crippen molar-refractivity contribution in [3.63, 3.8) is 0 Å². The fourth-order valence-corrected chi connectivity index (χ4v) is 4.34. The summed E-state index contributed by atoms with van der Waals surface area (Å²) in [5.74, 6) is 1.32. The first-order chi connectivity index (χ1) is 13.3. The second-order valence-electron chi connectivity index (χ2n) is 7.76. The summed E-state index contributed by atoms with van der Waals surface area (Å²) in [5.41, 5.74) is 1.13. The highest BCUT2D eigenvalue weighted by Crippen LogP contribution is 2.28. The highest BCUT2D eigenvalue weighted by molar-refractivity contribution is 5.78. The Labute approximate surface area is 160 Å². The topological polar surface area (TPSA) is 71.3 Å². The maximum Gasteiger partial charge on any atom is 0.231 e. The van der Waals surface area contributed by atoms with Crippen LogP contribution >= 0.6 is 0 Å². The van der Waals surface area contributed by atoms with Gasteiger partial charge in [0.2, 0.25) is 11.8 Å². The van der Waals surface area contributed by atoms with Gasteiger partial charge in [0.15, 0.2) is 5.82 Å². The smallest absolute Gasteiger partial charge is 0.231 e. The zero-order valence-electron chi connectivity index (χ0n) is 15.8. The van der Waals surface area contributed by atoms with Crippen molar-refractivity contribution >= 4 is 5.91 Å². The molecule has 2 aromatic rings. The van der Waals surface area contributed by atoms with Gasteiger partial charge in [-0.3, -0.25) is 9.69 Å². The Bertz CT molecular complexity index is 740. The summed E-state index contributed by atoms with van der Waals surface area (Å²) in [7, 11) is 0. The molecule has 1 aromatic carbocycles. The van der Waals surface area contributed by atoms with Crippen LogP contribution in [0.4, 0.5) is 0 Å². The first kappa shape index (κ1) is 18.2. The van der Waals surface area contributed by atoms with E-state index < -0.39 is 0 Å². The molecule has 2 aliphatic rings. The number of benzene rings is 1. The standard InChI is InChI=1S/C21H28N4O2/c26-21(17-9-6-12-25(15-17)18-10-4-5-11-18)22-14-19-23-20(27-24-19)13-16-7-2-1-3-8-16/h1-3,7-8,17-18H,4-6,9-15H2,(H,22,26). The summed E-state index contributed by atoms with van der Waals surface area (Å²) < 4.78 is 5.31. The molecule has 144 valence electrons. The van der Waals surface area contributed by atoms with Gasteiger partial charge in [0.25, 0.3) is 0 Å². The van der Waals surface area contributed by atoms with Gasteiger partial charge in [-0.25, -0.2) is 0 Å². The van der Waals surface area contributed by atoms with Crippen LogP contribution in [0.3, 0.4) is 0 Å². The molecule has 1 saturated carbocycles. The van der Waals surface area contributed by atoms with Gasteiger partial charge in [0.05, 0.1) is 18.9 Å². The summed E-state index contributed by atoms with van der Waals surface area (Å²) in [6.45, 7) is 2.36. The van der Waals surface area contributed by atoms with E-state index in [0.717, 1.165) is 31.5 Å². The van der Waals surface area contributed by atoms with E-state index in [4.69, 9.17) is 4.52 Å². The number of carbonyl (C=O) groups excluding carboxylic acids is 1. The van der Waals surface area contributed by atoms with Crippen molar-refractivity contribution < 1.29 is 9.32 Å². The lowest BCUT2D eigenvalue weighted by atomic mass is 9.95. The molecular formula is C21H28N4O2. The number of nitrogens with zero attached hydrogens (tertiary/aromatic N) is 3. The van der Waals surface area contributed by atoms with Crippen LogP contribution in [0, 0.1) is 5.92 Å². The molecular weight excluding hydrogens is 340 g/mol. The lowest BCUT2D eigenvalue weighted by Gasteiger charge is -2.36. The highest BCUT2D eigenvalue weighted by Gasteiger charge is 2.31. The van der Waals surface area contributed by atoms with Crippen molar-refractivity contribution in [3.8, 4) is 0 Å². The molecule has 0 spiro atoms. The van der Waals surface area contributed by atoms with E-state index in [1.54, 1.807) is 0 Å². The monoisotopic (exact) mass is 368 g/mol. The molecule has 0 radical (unpaired) electrons. The van der Waals surface area contributed by atoms with Gasteiger partial charge < -0.3 is 9.84 Å². The number of rotatable bonds is 6. The average Bonchev–Trinajstić information content (AvgIpc) is 3.39. The SMILES string of the molecule is O=C(NCc1noc(Cc2ccccc2)n1)C1CCCN(C2CCCC2)C1. The van der Waals surface area contributed by atoms with Crippen LogP contribution in [0.15, 0.2) is 34.9 Å². The minimum Gasteiger partial charge on any atom is -0.348 e. The lowest BCUT2D eigenvalue weighted by Crippen LogP contribution is -2.46. The van der Waals surface area contributed by atoms with Gasteiger partial charge in [-0.1, -0.05) is 48.3 Å². The first-order valence-electron chi connectivity index (χ1n) is 10.1. The fourth-order valence-electron chi connectivity index (χ4n) is 4.34. The molecule has 1 N–H and O–H groups in total. The quantitative estimate of drug-likeness (QED) is 0.849. The van der Waals surface area contributed by atoms with Gasteiger partial charge in [0.1, 0.15) is 0 Å². The predicted octanol–water partition coefficient (Wildman–Crippen LogP) is 2.93. The van der Waals surface area contributed by atoms with Gasteiger partial charge in [0, 0.05) is 12.6 Å². The van der Waals surface area contributed by atoms with E-state index in [-0.39, 0.29) is 11.8 Å². The van der Waals surface area contributed by atoms with Gasteiger partial charge in [-0.2, -0.15) is 4.98 Å². The number of piperidine rings is 1. The molecule has 1 aliphatic carbocycles. The second-order valence-corrected chi connectivity index (χ2v) is 7.76. The van der Waals surface area contributed by atoms with E-state index in [1.807, 2.05) is 30.3 Å². The Hall–Kier alpha value is -2.21. The molecule has 1 atom stereocenters. The van der Waals surface area contributed by atoms with Crippen LogP contribution in [0.5, 0.6) is 0 Å². The Morgan fingerprint density at radius 2 is 1.96 bits per heavy atom. The van der Waals surface area contributed by atoms with Crippen molar-refractivity contribution in [1.82, 2.24) is 20.4 Å². The van der Waals surface area contributed by atoms with Gasteiger partial charge >= 0.3 is 0 Å². The fraction of sp³-hybridized carbons (Fsp3) is 0.571. The molecule has 2 heterocycles. The molecule has 1 unspecified atom stereocenters. The van der Waals surface area contributed by atoms with Crippen molar-refractivity contribution in [3.05, 3.63) is 47.6 Å².